The zero-order chi connectivity index (χ0) is 23.5. The molecule has 0 aliphatic carbocycles. The predicted octanol–water partition coefficient (Wildman–Crippen LogP) is 4.09. The fourth-order valence-electron chi connectivity index (χ4n) is 2.98. The molecule has 0 saturated carbocycles. The number of aliphatic imine (C=N–C) groups is 1. The highest BCUT2D eigenvalue weighted by molar-refractivity contribution is 14.0. The second kappa shape index (κ2) is 14.6. The number of hydrogen-bond acceptors (Lipinski definition) is 4. The number of amides is 1. The molecule has 3 N–H and O–H groups in total. The zero-order valence-electron chi connectivity index (χ0n) is 19.8. The molecule has 0 radical (unpaired) electrons. The van der Waals surface area contributed by atoms with E-state index < -0.39 is 0 Å². The first-order valence-corrected chi connectivity index (χ1v) is 10.7. The van der Waals surface area contributed by atoms with Gasteiger partial charge in [0, 0.05) is 13.1 Å². The van der Waals surface area contributed by atoms with E-state index >= 15 is 0 Å². The Labute approximate surface area is 212 Å². The summed E-state index contributed by atoms with van der Waals surface area (Å²) in [6, 6.07) is 10.6. The van der Waals surface area contributed by atoms with Gasteiger partial charge in [-0.05, 0) is 62.6 Å². The highest BCUT2D eigenvalue weighted by Crippen LogP contribution is 2.28. The number of benzene rings is 2. The summed E-state index contributed by atoms with van der Waals surface area (Å²) < 4.78 is 24.9. The number of rotatable bonds is 10. The maximum Gasteiger partial charge on any atom is 0.257 e. The number of guanidine groups is 1. The minimum Gasteiger partial charge on any atom is -0.493 e. The summed E-state index contributed by atoms with van der Waals surface area (Å²) in [6.45, 7) is 9.10. The van der Waals surface area contributed by atoms with Crippen LogP contribution in [0.1, 0.15) is 43.5 Å². The van der Waals surface area contributed by atoms with Crippen LogP contribution in [0.4, 0.5) is 4.39 Å². The first kappa shape index (κ1) is 28.5. The Hall–Kier alpha value is -2.56. The summed E-state index contributed by atoms with van der Waals surface area (Å²) in [5, 5.41) is 9.20. The van der Waals surface area contributed by atoms with E-state index in [1.807, 2.05) is 39.0 Å². The number of halogens is 2. The Morgan fingerprint density at radius 3 is 2.45 bits per heavy atom. The Balaban J connectivity index is 0.00000544. The third kappa shape index (κ3) is 9.07. The third-order valence-corrected chi connectivity index (χ3v) is 4.77. The lowest BCUT2D eigenvalue weighted by molar-refractivity contribution is -0.123. The number of hydrogen-bond donors (Lipinski definition) is 3. The molecule has 2 rings (SSSR count). The Bertz CT molecular complexity index is 940. The summed E-state index contributed by atoms with van der Waals surface area (Å²) in [6.07, 6.45) is 0. The second-order valence-electron chi connectivity index (χ2n) is 7.30. The first-order valence-electron chi connectivity index (χ1n) is 10.7. The standard InChI is InChI=1S/C24H33FN4O3.HI/c1-6-26-23(30)15-32-21-11-9-18(12-22(21)31-5)14-28-24(27-7-2)29-17(4)19-10-8-16(3)20(25)13-19;/h8-13,17H,6-7,14-15H2,1-5H3,(H,26,30)(H2,27,28,29);1H. The average Bonchev–Trinajstić information content (AvgIpc) is 2.78. The normalized spacial score (nSPS) is 11.8. The molecule has 0 bridgehead atoms. The number of ether oxygens (including phenoxy) is 2. The lowest BCUT2D eigenvalue weighted by atomic mass is 10.1. The van der Waals surface area contributed by atoms with E-state index in [0.717, 1.165) is 11.1 Å². The van der Waals surface area contributed by atoms with Crippen LogP contribution in [-0.4, -0.2) is 38.7 Å². The summed E-state index contributed by atoms with van der Waals surface area (Å²) >= 11 is 0. The van der Waals surface area contributed by atoms with Crippen molar-refractivity contribution in [3.05, 3.63) is 58.9 Å². The van der Waals surface area contributed by atoms with Crippen molar-refractivity contribution in [3.63, 3.8) is 0 Å². The molecule has 2 aromatic rings. The van der Waals surface area contributed by atoms with Crippen molar-refractivity contribution in [3.8, 4) is 11.5 Å². The average molecular weight is 572 g/mol. The summed E-state index contributed by atoms with van der Waals surface area (Å²) in [7, 11) is 1.55. The van der Waals surface area contributed by atoms with Gasteiger partial charge in [0.2, 0.25) is 0 Å². The van der Waals surface area contributed by atoms with Gasteiger partial charge in [0.15, 0.2) is 24.1 Å². The van der Waals surface area contributed by atoms with Crippen LogP contribution in [0, 0.1) is 12.7 Å². The SMILES string of the molecule is CCNC(=O)COc1ccc(CN=C(NCC)NC(C)c2ccc(C)c(F)c2)cc1OC.I. The fourth-order valence-corrected chi connectivity index (χ4v) is 2.98. The molecule has 1 atom stereocenters. The van der Waals surface area contributed by atoms with E-state index in [0.29, 0.717) is 42.7 Å². The molecule has 0 saturated heterocycles. The quantitative estimate of drug-likeness (QED) is 0.227. The molecule has 182 valence electrons. The van der Waals surface area contributed by atoms with Crippen LogP contribution in [0.5, 0.6) is 11.5 Å². The van der Waals surface area contributed by atoms with Gasteiger partial charge in [-0.1, -0.05) is 18.2 Å². The molecule has 0 aliphatic heterocycles. The van der Waals surface area contributed by atoms with Crippen LogP contribution >= 0.6 is 24.0 Å². The van der Waals surface area contributed by atoms with Crippen molar-refractivity contribution in [2.24, 2.45) is 4.99 Å². The predicted molar refractivity (Wildman–Crippen MR) is 140 cm³/mol. The summed E-state index contributed by atoms with van der Waals surface area (Å²) in [4.78, 5) is 16.3. The van der Waals surface area contributed by atoms with Gasteiger partial charge < -0.3 is 25.4 Å². The van der Waals surface area contributed by atoms with E-state index in [9.17, 15) is 9.18 Å². The van der Waals surface area contributed by atoms with E-state index in [4.69, 9.17) is 9.47 Å². The van der Waals surface area contributed by atoms with Crippen molar-refractivity contribution < 1.29 is 18.7 Å². The monoisotopic (exact) mass is 572 g/mol. The fraction of sp³-hybridized carbons (Fsp3) is 0.417. The highest BCUT2D eigenvalue weighted by atomic mass is 127. The van der Waals surface area contributed by atoms with E-state index in [-0.39, 0.29) is 48.3 Å². The van der Waals surface area contributed by atoms with Gasteiger partial charge in [-0.15, -0.1) is 24.0 Å². The Kier molecular flexibility index (Phi) is 12.6. The number of methoxy groups -OCH3 is 1. The van der Waals surface area contributed by atoms with E-state index in [2.05, 4.69) is 20.9 Å². The number of likely N-dealkylation sites (N-methyl/N-ethyl adjacent to an activating group) is 1. The second-order valence-corrected chi connectivity index (χ2v) is 7.30. The number of nitrogens with zero attached hydrogens (tertiary/aromatic N) is 1. The van der Waals surface area contributed by atoms with Crippen LogP contribution in [0.25, 0.3) is 0 Å². The van der Waals surface area contributed by atoms with Gasteiger partial charge in [0.05, 0.1) is 19.7 Å². The lowest BCUT2D eigenvalue weighted by Crippen LogP contribution is -2.38. The molecule has 0 aromatic heterocycles. The molecular weight excluding hydrogens is 538 g/mol. The maximum atomic E-state index is 13.9. The zero-order valence-corrected chi connectivity index (χ0v) is 22.2. The number of carbonyl (C=O) groups excluding carboxylic acids is 1. The smallest absolute Gasteiger partial charge is 0.257 e. The number of aryl methyl sites for hydroxylation is 1. The van der Waals surface area contributed by atoms with Crippen molar-refractivity contribution in [2.75, 3.05) is 26.8 Å². The molecule has 0 heterocycles. The van der Waals surface area contributed by atoms with Crippen LogP contribution in [-0.2, 0) is 11.3 Å². The van der Waals surface area contributed by atoms with Gasteiger partial charge in [0.1, 0.15) is 5.82 Å². The Morgan fingerprint density at radius 1 is 1.09 bits per heavy atom. The molecule has 33 heavy (non-hydrogen) atoms. The van der Waals surface area contributed by atoms with Gasteiger partial charge in [-0.2, -0.15) is 0 Å². The largest absolute Gasteiger partial charge is 0.493 e. The van der Waals surface area contributed by atoms with Crippen molar-refractivity contribution in [1.29, 1.82) is 0 Å². The number of nitrogens with one attached hydrogen (secondary N) is 3. The molecular formula is C24H34FIN4O3. The van der Waals surface area contributed by atoms with E-state index in [1.165, 1.54) is 0 Å². The molecule has 9 heteroatoms. The van der Waals surface area contributed by atoms with Gasteiger partial charge in [-0.3, -0.25) is 4.79 Å². The topological polar surface area (TPSA) is 84.0 Å². The van der Waals surface area contributed by atoms with Crippen LogP contribution < -0.4 is 25.4 Å². The van der Waals surface area contributed by atoms with Gasteiger partial charge in [0.25, 0.3) is 5.91 Å². The lowest BCUT2D eigenvalue weighted by Gasteiger charge is -2.19. The minimum atomic E-state index is -0.223. The van der Waals surface area contributed by atoms with Gasteiger partial charge in [-0.25, -0.2) is 9.38 Å². The molecule has 1 unspecified atom stereocenters. The molecule has 7 nitrogen and oxygen atoms in total. The van der Waals surface area contributed by atoms with Crippen molar-refractivity contribution >= 4 is 35.8 Å². The molecule has 0 spiro atoms. The molecule has 1 amide bonds. The summed E-state index contributed by atoms with van der Waals surface area (Å²) in [5.74, 6) is 1.23. The van der Waals surface area contributed by atoms with E-state index in [1.54, 1.807) is 32.2 Å². The molecule has 0 fully saturated rings. The van der Waals surface area contributed by atoms with Gasteiger partial charge >= 0.3 is 0 Å². The van der Waals surface area contributed by atoms with Crippen molar-refractivity contribution in [1.82, 2.24) is 16.0 Å². The van der Waals surface area contributed by atoms with Crippen LogP contribution in [0.15, 0.2) is 41.4 Å². The van der Waals surface area contributed by atoms with Crippen LogP contribution in [0.3, 0.4) is 0 Å². The molecule has 2 aromatic carbocycles. The maximum absolute atomic E-state index is 13.9. The van der Waals surface area contributed by atoms with Crippen LogP contribution in [0.2, 0.25) is 0 Å². The third-order valence-electron chi connectivity index (χ3n) is 4.77. The van der Waals surface area contributed by atoms with Crippen molar-refractivity contribution in [2.45, 2.75) is 40.3 Å². The number of carbonyl (C=O) groups is 1. The highest BCUT2D eigenvalue weighted by Gasteiger charge is 2.11. The first-order chi connectivity index (χ1) is 15.4. The molecule has 0 aliphatic rings. The minimum absolute atomic E-state index is 0. The summed E-state index contributed by atoms with van der Waals surface area (Å²) in [5.41, 5.74) is 2.38. The Morgan fingerprint density at radius 2 is 1.82 bits per heavy atom.